The molecule has 0 bridgehead atoms. The lowest BCUT2D eigenvalue weighted by atomic mass is 9.98. The predicted molar refractivity (Wildman–Crippen MR) is 59.2 cm³/mol. The van der Waals surface area contributed by atoms with Crippen molar-refractivity contribution < 1.29 is 14.3 Å². The average Bonchev–Trinajstić information content (AvgIpc) is 2.74. The van der Waals surface area contributed by atoms with Gasteiger partial charge in [-0.25, -0.2) is 0 Å². The molecule has 1 unspecified atom stereocenters. The lowest BCUT2D eigenvalue weighted by molar-refractivity contribution is 0.0619. The van der Waals surface area contributed by atoms with Gasteiger partial charge < -0.3 is 14.4 Å². The van der Waals surface area contributed by atoms with E-state index in [1.54, 1.807) is 13.0 Å². The minimum Gasteiger partial charge on any atom is -0.469 e. The highest BCUT2D eigenvalue weighted by Crippen LogP contribution is 2.19. The van der Waals surface area contributed by atoms with Gasteiger partial charge in [0.25, 0.3) is 5.91 Å². The molecule has 16 heavy (non-hydrogen) atoms. The van der Waals surface area contributed by atoms with Gasteiger partial charge in [-0.15, -0.1) is 0 Å². The summed E-state index contributed by atoms with van der Waals surface area (Å²) in [4.78, 5) is 13.9. The van der Waals surface area contributed by atoms with Crippen molar-refractivity contribution in [2.45, 2.75) is 19.8 Å². The molecule has 4 nitrogen and oxygen atoms in total. The number of likely N-dealkylation sites (tertiary alicyclic amines) is 1. The number of rotatable bonds is 2. The molecule has 1 aliphatic rings. The van der Waals surface area contributed by atoms with Gasteiger partial charge in [-0.05, 0) is 31.7 Å². The number of piperidine rings is 1. The Hall–Kier alpha value is -1.29. The van der Waals surface area contributed by atoms with E-state index in [9.17, 15) is 4.79 Å². The fourth-order valence-electron chi connectivity index (χ4n) is 2.18. The van der Waals surface area contributed by atoms with Gasteiger partial charge >= 0.3 is 0 Å². The van der Waals surface area contributed by atoms with Gasteiger partial charge in [0.2, 0.25) is 0 Å². The van der Waals surface area contributed by atoms with Crippen LogP contribution in [0.2, 0.25) is 0 Å². The average molecular weight is 223 g/mol. The number of aliphatic hydroxyl groups is 1. The number of amides is 1. The molecule has 1 amide bonds. The quantitative estimate of drug-likeness (QED) is 0.825. The van der Waals surface area contributed by atoms with E-state index in [0.717, 1.165) is 19.4 Å². The first-order valence-corrected chi connectivity index (χ1v) is 5.66. The summed E-state index contributed by atoms with van der Waals surface area (Å²) >= 11 is 0. The Morgan fingerprint density at radius 1 is 1.69 bits per heavy atom. The van der Waals surface area contributed by atoms with Crippen LogP contribution >= 0.6 is 0 Å². The summed E-state index contributed by atoms with van der Waals surface area (Å²) in [7, 11) is 0. The molecule has 1 saturated heterocycles. The standard InChI is InChI=1S/C12H17NO3/c1-9-11(4-6-16-9)12(15)13-5-2-3-10(7-13)8-14/h4,6,10,14H,2-3,5,7-8H2,1H3. The maximum Gasteiger partial charge on any atom is 0.257 e. The zero-order valence-corrected chi connectivity index (χ0v) is 9.48. The molecule has 1 N–H and O–H groups in total. The highest BCUT2D eigenvalue weighted by Gasteiger charge is 2.25. The number of furan rings is 1. The van der Waals surface area contributed by atoms with Gasteiger partial charge in [0, 0.05) is 19.7 Å². The predicted octanol–water partition coefficient (Wildman–Crippen LogP) is 1.43. The zero-order valence-electron chi connectivity index (χ0n) is 9.48. The number of aryl methyl sites for hydroxylation is 1. The Labute approximate surface area is 94.9 Å². The lowest BCUT2D eigenvalue weighted by Crippen LogP contribution is -2.41. The van der Waals surface area contributed by atoms with Crippen molar-refractivity contribution in [3.63, 3.8) is 0 Å². The van der Waals surface area contributed by atoms with Crippen LogP contribution in [0.5, 0.6) is 0 Å². The van der Waals surface area contributed by atoms with Crippen LogP contribution in [0, 0.1) is 12.8 Å². The Morgan fingerprint density at radius 3 is 3.12 bits per heavy atom. The molecular weight excluding hydrogens is 206 g/mol. The third-order valence-electron chi connectivity index (χ3n) is 3.15. The molecule has 0 saturated carbocycles. The minimum absolute atomic E-state index is 0.0180. The maximum absolute atomic E-state index is 12.1. The van der Waals surface area contributed by atoms with Crippen LogP contribution in [0.25, 0.3) is 0 Å². The van der Waals surface area contributed by atoms with Crippen molar-refractivity contribution in [3.8, 4) is 0 Å². The molecule has 1 aliphatic heterocycles. The molecule has 0 radical (unpaired) electrons. The van der Waals surface area contributed by atoms with Crippen LogP contribution in [-0.4, -0.2) is 35.6 Å². The fourth-order valence-corrected chi connectivity index (χ4v) is 2.18. The first-order valence-electron chi connectivity index (χ1n) is 5.66. The highest BCUT2D eigenvalue weighted by atomic mass is 16.3. The van der Waals surface area contributed by atoms with Gasteiger partial charge in [-0.2, -0.15) is 0 Å². The number of carbonyl (C=O) groups is 1. The molecule has 1 atom stereocenters. The number of carbonyl (C=O) groups excluding carboxylic acids is 1. The highest BCUT2D eigenvalue weighted by molar-refractivity contribution is 5.95. The van der Waals surface area contributed by atoms with E-state index >= 15 is 0 Å². The van der Waals surface area contributed by atoms with Crippen molar-refractivity contribution >= 4 is 5.91 Å². The first kappa shape index (κ1) is 11.2. The van der Waals surface area contributed by atoms with Crippen molar-refractivity contribution in [1.29, 1.82) is 0 Å². The summed E-state index contributed by atoms with van der Waals surface area (Å²) in [6.07, 6.45) is 3.51. The normalized spacial score (nSPS) is 21.1. The van der Waals surface area contributed by atoms with Crippen LogP contribution in [0.15, 0.2) is 16.7 Å². The topological polar surface area (TPSA) is 53.7 Å². The smallest absolute Gasteiger partial charge is 0.257 e. The summed E-state index contributed by atoms with van der Waals surface area (Å²) in [6.45, 7) is 3.38. The minimum atomic E-state index is 0.0180. The van der Waals surface area contributed by atoms with Crippen molar-refractivity contribution in [3.05, 3.63) is 23.7 Å². The van der Waals surface area contributed by atoms with Gasteiger partial charge in [-0.1, -0.05) is 0 Å². The van der Waals surface area contributed by atoms with Crippen molar-refractivity contribution in [1.82, 2.24) is 4.90 Å². The van der Waals surface area contributed by atoms with Gasteiger partial charge in [-0.3, -0.25) is 4.79 Å². The fraction of sp³-hybridized carbons (Fsp3) is 0.583. The van der Waals surface area contributed by atoms with Crippen LogP contribution in [0.3, 0.4) is 0 Å². The van der Waals surface area contributed by atoms with E-state index < -0.39 is 0 Å². The third kappa shape index (κ3) is 2.11. The Morgan fingerprint density at radius 2 is 2.50 bits per heavy atom. The summed E-state index contributed by atoms with van der Waals surface area (Å²) in [5, 5.41) is 9.12. The monoisotopic (exact) mass is 223 g/mol. The summed E-state index contributed by atoms with van der Waals surface area (Å²) in [6, 6.07) is 1.71. The van der Waals surface area contributed by atoms with E-state index in [0.29, 0.717) is 17.9 Å². The second-order valence-electron chi connectivity index (χ2n) is 4.33. The number of nitrogens with zero attached hydrogens (tertiary/aromatic N) is 1. The third-order valence-corrected chi connectivity index (χ3v) is 3.15. The van der Waals surface area contributed by atoms with E-state index in [2.05, 4.69) is 0 Å². The molecule has 2 heterocycles. The molecular formula is C12H17NO3. The van der Waals surface area contributed by atoms with E-state index in [1.165, 1.54) is 6.26 Å². The van der Waals surface area contributed by atoms with Crippen molar-refractivity contribution in [2.24, 2.45) is 5.92 Å². The zero-order chi connectivity index (χ0) is 11.5. The second-order valence-corrected chi connectivity index (χ2v) is 4.33. The summed E-state index contributed by atoms with van der Waals surface area (Å²) in [5.41, 5.74) is 0.638. The molecule has 0 spiro atoms. The largest absolute Gasteiger partial charge is 0.469 e. The Bertz CT molecular complexity index is 372. The molecule has 0 aromatic carbocycles. The van der Waals surface area contributed by atoms with Gasteiger partial charge in [0.05, 0.1) is 11.8 Å². The van der Waals surface area contributed by atoms with Crippen molar-refractivity contribution in [2.75, 3.05) is 19.7 Å². The van der Waals surface area contributed by atoms with Gasteiger partial charge in [0.15, 0.2) is 0 Å². The number of hydrogen-bond donors (Lipinski definition) is 1. The van der Waals surface area contributed by atoms with E-state index in [1.807, 2.05) is 4.90 Å². The number of aliphatic hydroxyl groups excluding tert-OH is 1. The Kier molecular flexibility index (Phi) is 3.29. The SMILES string of the molecule is Cc1occc1C(=O)N1CCCC(CO)C1. The molecule has 88 valence electrons. The molecule has 2 rings (SSSR count). The van der Waals surface area contributed by atoms with E-state index in [4.69, 9.17) is 9.52 Å². The van der Waals surface area contributed by atoms with Gasteiger partial charge in [0.1, 0.15) is 5.76 Å². The van der Waals surface area contributed by atoms with Crippen LogP contribution in [0.1, 0.15) is 29.0 Å². The van der Waals surface area contributed by atoms with E-state index in [-0.39, 0.29) is 18.4 Å². The summed E-state index contributed by atoms with van der Waals surface area (Å²) < 4.78 is 5.13. The summed E-state index contributed by atoms with van der Waals surface area (Å²) in [5.74, 6) is 0.908. The molecule has 1 fully saturated rings. The Balaban J connectivity index is 2.07. The van der Waals surface area contributed by atoms with Crippen LogP contribution < -0.4 is 0 Å². The second kappa shape index (κ2) is 4.70. The lowest BCUT2D eigenvalue weighted by Gasteiger charge is -2.31. The molecule has 1 aromatic rings. The molecule has 1 aromatic heterocycles. The first-order chi connectivity index (χ1) is 7.72. The molecule has 0 aliphatic carbocycles. The maximum atomic E-state index is 12.1. The number of hydrogen-bond acceptors (Lipinski definition) is 3. The molecule has 4 heteroatoms. The van der Waals surface area contributed by atoms with Crippen LogP contribution in [0.4, 0.5) is 0 Å². The van der Waals surface area contributed by atoms with Crippen LogP contribution in [-0.2, 0) is 0 Å².